The Bertz CT molecular complexity index is 1270. The molecule has 0 atom stereocenters. The lowest BCUT2D eigenvalue weighted by Crippen LogP contribution is -2.22. The van der Waals surface area contributed by atoms with Gasteiger partial charge in [0.2, 0.25) is 21.7 Å². The van der Waals surface area contributed by atoms with Gasteiger partial charge in [0.1, 0.15) is 0 Å². The Morgan fingerprint density at radius 2 is 1.62 bits per heavy atom. The minimum absolute atomic E-state index is 0.112. The summed E-state index contributed by atoms with van der Waals surface area (Å²) in [5, 5.41) is 10.2. The van der Waals surface area contributed by atoms with Gasteiger partial charge in [0.25, 0.3) is 5.91 Å². The predicted octanol–water partition coefficient (Wildman–Crippen LogP) is 2.66. The number of benzene rings is 2. The van der Waals surface area contributed by atoms with Crippen molar-refractivity contribution in [3.63, 3.8) is 0 Å². The molecule has 0 aliphatic rings. The number of carbonyl (C=O) groups excluding carboxylic acids is 1. The summed E-state index contributed by atoms with van der Waals surface area (Å²) in [6, 6.07) is 9.23. The highest BCUT2D eigenvalue weighted by molar-refractivity contribution is 7.89. The number of amides is 1. The van der Waals surface area contributed by atoms with Crippen LogP contribution in [0.25, 0.3) is 17.5 Å². The molecule has 0 saturated carbocycles. The summed E-state index contributed by atoms with van der Waals surface area (Å²) in [5.74, 6) is 0.965. The molecule has 0 aliphatic heterocycles. The van der Waals surface area contributed by atoms with Crippen LogP contribution in [0.5, 0.6) is 17.2 Å². The van der Waals surface area contributed by atoms with E-state index >= 15 is 0 Å². The van der Waals surface area contributed by atoms with E-state index in [1.807, 2.05) is 0 Å². The van der Waals surface area contributed by atoms with Gasteiger partial charge in [0, 0.05) is 25.7 Å². The maximum Gasteiger partial charge on any atom is 0.322 e. The van der Waals surface area contributed by atoms with Gasteiger partial charge in [0.05, 0.1) is 26.2 Å². The molecule has 1 heterocycles. The van der Waals surface area contributed by atoms with Crippen molar-refractivity contribution in [1.82, 2.24) is 14.5 Å². The van der Waals surface area contributed by atoms with E-state index in [1.165, 1.54) is 53.6 Å². The molecule has 0 saturated heterocycles. The van der Waals surface area contributed by atoms with Crippen LogP contribution in [0.1, 0.15) is 5.56 Å². The molecule has 180 valence electrons. The summed E-state index contributed by atoms with van der Waals surface area (Å²) in [6.07, 6.45) is 2.84. The molecular weight excluding hydrogens is 464 g/mol. The van der Waals surface area contributed by atoms with Gasteiger partial charge in [-0.25, -0.2) is 12.7 Å². The van der Waals surface area contributed by atoms with Crippen molar-refractivity contribution < 1.29 is 31.8 Å². The second kappa shape index (κ2) is 10.4. The molecule has 2 aromatic carbocycles. The number of hydrogen-bond acceptors (Lipinski definition) is 9. The number of rotatable bonds is 9. The van der Waals surface area contributed by atoms with Crippen LogP contribution in [0.4, 0.5) is 6.01 Å². The number of ether oxygens (including phenoxy) is 3. The van der Waals surface area contributed by atoms with E-state index in [0.717, 1.165) is 4.31 Å². The van der Waals surface area contributed by atoms with Crippen LogP contribution in [-0.2, 0) is 14.8 Å². The molecule has 34 heavy (non-hydrogen) atoms. The van der Waals surface area contributed by atoms with E-state index in [9.17, 15) is 13.2 Å². The molecule has 0 spiro atoms. The average molecular weight is 489 g/mol. The summed E-state index contributed by atoms with van der Waals surface area (Å²) < 4.78 is 46.8. The number of carbonyl (C=O) groups is 1. The normalized spacial score (nSPS) is 11.6. The van der Waals surface area contributed by atoms with Gasteiger partial charge in [-0.1, -0.05) is 5.10 Å². The Hall–Kier alpha value is -3.90. The van der Waals surface area contributed by atoms with Gasteiger partial charge in [-0.3, -0.25) is 10.1 Å². The van der Waals surface area contributed by atoms with Crippen molar-refractivity contribution >= 4 is 28.0 Å². The van der Waals surface area contributed by atoms with Crippen LogP contribution < -0.4 is 19.5 Å². The Labute approximate surface area is 197 Å². The molecule has 12 heteroatoms. The predicted molar refractivity (Wildman–Crippen MR) is 124 cm³/mol. The molecule has 3 aromatic rings. The van der Waals surface area contributed by atoms with Gasteiger partial charge in [-0.05, 0) is 48.0 Å². The number of nitrogens with one attached hydrogen (secondary N) is 1. The third-order valence-electron chi connectivity index (χ3n) is 4.65. The molecule has 1 N–H and O–H groups in total. The lowest BCUT2D eigenvalue weighted by atomic mass is 10.1. The quantitative estimate of drug-likeness (QED) is 0.451. The lowest BCUT2D eigenvalue weighted by molar-refractivity contribution is -0.112. The van der Waals surface area contributed by atoms with Gasteiger partial charge >= 0.3 is 6.01 Å². The number of methoxy groups -OCH3 is 3. The second-order valence-corrected chi connectivity index (χ2v) is 9.16. The highest BCUT2D eigenvalue weighted by Gasteiger charge is 2.18. The first-order chi connectivity index (χ1) is 16.2. The number of aromatic nitrogens is 2. The minimum Gasteiger partial charge on any atom is -0.493 e. The molecule has 3 rings (SSSR count). The van der Waals surface area contributed by atoms with E-state index in [1.54, 1.807) is 30.3 Å². The van der Waals surface area contributed by atoms with Crippen LogP contribution in [0.15, 0.2) is 51.8 Å². The Kier molecular flexibility index (Phi) is 7.54. The van der Waals surface area contributed by atoms with Crippen LogP contribution in [0.3, 0.4) is 0 Å². The fraction of sp³-hybridized carbons (Fsp3) is 0.227. The lowest BCUT2D eigenvalue weighted by Gasteiger charge is -2.12. The molecule has 0 unspecified atom stereocenters. The summed E-state index contributed by atoms with van der Waals surface area (Å²) in [7, 11) is 3.85. The van der Waals surface area contributed by atoms with Crippen molar-refractivity contribution in [3.05, 3.63) is 48.0 Å². The van der Waals surface area contributed by atoms with Gasteiger partial charge in [-0.15, -0.1) is 5.10 Å². The number of anilines is 1. The summed E-state index contributed by atoms with van der Waals surface area (Å²) in [5.41, 5.74) is 1.14. The van der Waals surface area contributed by atoms with Crippen molar-refractivity contribution in [2.24, 2.45) is 0 Å². The molecular formula is C22H24N4O7S. The molecule has 0 radical (unpaired) electrons. The fourth-order valence-corrected chi connectivity index (χ4v) is 3.79. The Morgan fingerprint density at radius 3 is 2.15 bits per heavy atom. The van der Waals surface area contributed by atoms with E-state index in [-0.39, 0.29) is 16.8 Å². The summed E-state index contributed by atoms with van der Waals surface area (Å²) >= 11 is 0. The Morgan fingerprint density at radius 1 is 1.00 bits per heavy atom. The zero-order chi connectivity index (χ0) is 24.9. The van der Waals surface area contributed by atoms with Crippen LogP contribution in [-0.4, -0.2) is 64.3 Å². The SMILES string of the molecule is COc1cc(/C=C/C(=O)Nc2nnc(-c3ccc(S(=O)(=O)N(C)C)cc3)o2)cc(OC)c1OC. The van der Waals surface area contributed by atoms with Crippen LogP contribution >= 0.6 is 0 Å². The zero-order valence-corrected chi connectivity index (χ0v) is 20.0. The molecule has 1 aromatic heterocycles. The van der Waals surface area contributed by atoms with Crippen LogP contribution in [0.2, 0.25) is 0 Å². The van der Waals surface area contributed by atoms with E-state index in [2.05, 4.69) is 15.5 Å². The van der Waals surface area contributed by atoms with Gasteiger partial charge in [0.15, 0.2) is 11.5 Å². The Balaban J connectivity index is 1.71. The fourth-order valence-electron chi connectivity index (χ4n) is 2.89. The monoisotopic (exact) mass is 488 g/mol. The average Bonchev–Trinajstić information content (AvgIpc) is 3.30. The van der Waals surface area contributed by atoms with Crippen LogP contribution in [0, 0.1) is 0 Å². The largest absolute Gasteiger partial charge is 0.493 e. The van der Waals surface area contributed by atoms with E-state index < -0.39 is 15.9 Å². The van der Waals surface area contributed by atoms with Crippen molar-refractivity contribution in [2.45, 2.75) is 4.90 Å². The number of nitrogens with zero attached hydrogens (tertiary/aromatic N) is 3. The first-order valence-corrected chi connectivity index (χ1v) is 11.3. The smallest absolute Gasteiger partial charge is 0.322 e. The van der Waals surface area contributed by atoms with Gasteiger partial charge < -0.3 is 18.6 Å². The number of hydrogen-bond donors (Lipinski definition) is 1. The molecule has 0 fully saturated rings. The first-order valence-electron chi connectivity index (χ1n) is 9.85. The topological polar surface area (TPSA) is 133 Å². The van der Waals surface area contributed by atoms with Crippen molar-refractivity contribution in [2.75, 3.05) is 40.7 Å². The standard InChI is InChI=1S/C22H24N4O7S/c1-26(2)34(28,29)16-9-7-15(8-10-16)21-24-25-22(33-21)23-19(27)11-6-14-12-17(30-3)20(32-5)18(13-14)31-4/h6-13H,1-5H3,(H,23,25,27)/b11-6+. The molecule has 0 bridgehead atoms. The van der Waals surface area contributed by atoms with E-state index in [0.29, 0.717) is 28.4 Å². The molecule has 0 aliphatic carbocycles. The maximum atomic E-state index is 12.3. The summed E-state index contributed by atoms with van der Waals surface area (Å²) in [6.45, 7) is 0. The van der Waals surface area contributed by atoms with E-state index in [4.69, 9.17) is 18.6 Å². The highest BCUT2D eigenvalue weighted by Crippen LogP contribution is 2.38. The molecule has 1 amide bonds. The second-order valence-electron chi connectivity index (χ2n) is 7.01. The minimum atomic E-state index is -3.55. The first kappa shape index (κ1) is 24.7. The third kappa shape index (κ3) is 5.35. The number of sulfonamides is 1. The van der Waals surface area contributed by atoms with Gasteiger partial charge in [-0.2, -0.15) is 0 Å². The maximum absolute atomic E-state index is 12.3. The molecule has 11 nitrogen and oxygen atoms in total. The van der Waals surface area contributed by atoms with Crippen molar-refractivity contribution in [1.29, 1.82) is 0 Å². The zero-order valence-electron chi connectivity index (χ0n) is 19.2. The third-order valence-corrected chi connectivity index (χ3v) is 6.48. The summed E-state index contributed by atoms with van der Waals surface area (Å²) in [4.78, 5) is 12.4. The van der Waals surface area contributed by atoms with Crippen molar-refractivity contribution in [3.8, 4) is 28.7 Å². The highest BCUT2D eigenvalue weighted by atomic mass is 32.2.